The SMILES string of the molecule is CCCc1ccc(S(=O)(=O)NCC(c2cccc(F)c2)N(C)C)cc1. The highest BCUT2D eigenvalue weighted by molar-refractivity contribution is 7.89. The fraction of sp³-hybridized carbons (Fsp3) is 0.368. The number of hydrogen-bond acceptors (Lipinski definition) is 3. The second kappa shape index (κ2) is 8.56. The number of nitrogens with zero attached hydrogens (tertiary/aromatic N) is 1. The van der Waals surface area contributed by atoms with Crippen molar-refractivity contribution in [1.29, 1.82) is 0 Å². The molecule has 0 spiro atoms. The molecule has 1 atom stereocenters. The Labute approximate surface area is 149 Å². The van der Waals surface area contributed by atoms with Crippen LogP contribution in [0.2, 0.25) is 0 Å². The second-order valence-electron chi connectivity index (χ2n) is 6.28. The van der Waals surface area contributed by atoms with Gasteiger partial charge in [-0.2, -0.15) is 0 Å². The molecule has 2 aromatic rings. The highest BCUT2D eigenvalue weighted by atomic mass is 32.2. The van der Waals surface area contributed by atoms with Crippen LogP contribution in [0.1, 0.15) is 30.5 Å². The first-order chi connectivity index (χ1) is 11.8. The van der Waals surface area contributed by atoms with Gasteiger partial charge in [-0.25, -0.2) is 17.5 Å². The molecule has 1 N–H and O–H groups in total. The van der Waals surface area contributed by atoms with Gasteiger partial charge in [0.2, 0.25) is 10.0 Å². The van der Waals surface area contributed by atoms with Crippen LogP contribution in [0.25, 0.3) is 0 Å². The molecule has 0 radical (unpaired) electrons. The summed E-state index contributed by atoms with van der Waals surface area (Å²) in [5.74, 6) is -0.335. The zero-order chi connectivity index (χ0) is 18.4. The summed E-state index contributed by atoms with van der Waals surface area (Å²) in [7, 11) is 0.0643. The van der Waals surface area contributed by atoms with Gasteiger partial charge >= 0.3 is 0 Å². The summed E-state index contributed by atoms with van der Waals surface area (Å²) < 4.78 is 41.2. The first-order valence-electron chi connectivity index (χ1n) is 8.34. The first kappa shape index (κ1) is 19.6. The van der Waals surface area contributed by atoms with E-state index in [1.807, 2.05) is 31.1 Å². The van der Waals surface area contributed by atoms with E-state index in [0.717, 1.165) is 24.0 Å². The van der Waals surface area contributed by atoms with Crippen LogP contribution in [0.4, 0.5) is 4.39 Å². The molecule has 0 aliphatic carbocycles. The summed E-state index contributed by atoms with van der Waals surface area (Å²) in [4.78, 5) is 2.10. The summed E-state index contributed by atoms with van der Waals surface area (Å²) in [6, 6.07) is 12.9. The Morgan fingerprint density at radius 3 is 2.36 bits per heavy atom. The molecule has 0 aliphatic heterocycles. The molecular weight excluding hydrogens is 339 g/mol. The van der Waals surface area contributed by atoms with Crippen molar-refractivity contribution in [3.8, 4) is 0 Å². The smallest absolute Gasteiger partial charge is 0.240 e. The molecule has 25 heavy (non-hydrogen) atoms. The Balaban J connectivity index is 2.13. The van der Waals surface area contributed by atoms with Gasteiger partial charge in [-0.1, -0.05) is 37.6 Å². The van der Waals surface area contributed by atoms with Crippen molar-refractivity contribution in [3.05, 3.63) is 65.5 Å². The fourth-order valence-electron chi connectivity index (χ4n) is 2.71. The molecule has 0 aliphatic rings. The standard InChI is InChI=1S/C19H25FN2O2S/c1-4-6-15-9-11-18(12-10-15)25(23,24)21-14-19(22(2)3)16-7-5-8-17(20)13-16/h5,7-13,19,21H,4,6,14H2,1-3H3. The van der Waals surface area contributed by atoms with Crippen LogP contribution in [0.15, 0.2) is 53.4 Å². The molecule has 1 unspecified atom stereocenters. The summed E-state index contributed by atoms with van der Waals surface area (Å²) in [6.45, 7) is 2.25. The maximum Gasteiger partial charge on any atom is 0.240 e. The number of hydrogen-bond donors (Lipinski definition) is 1. The third-order valence-electron chi connectivity index (χ3n) is 4.10. The highest BCUT2D eigenvalue weighted by Gasteiger charge is 2.20. The number of benzene rings is 2. The summed E-state index contributed by atoms with van der Waals surface area (Å²) >= 11 is 0. The van der Waals surface area contributed by atoms with Crippen LogP contribution in [-0.2, 0) is 16.4 Å². The second-order valence-corrected chi connectivity index (χ2v) is 8.05. The van der Waals surface area contributed by atoms with Crippen LogP contribution in [-0.4, -0.2) is 34.0 Å². The highest BCUT2D eigenvalue weighted by Crippen LogP contribution is 2.19. The van der Waals surface area contributed by atoms with Gasteiger partial charge in [-0.15, -0.1) is 0 Å². The monoisotopic (exact) mass is 364 g/mol. The lowest BCUT2D eigenvalue weighted by molar-refractivity contribution is 0.299. The van der Waals surface area contributed by atoms with E-state index < -0.39 is 10.0 Å². The number of rotatable bonds is 8. The first-order valence-corrected chi connectivity index (χ1v) is 9.82. The lowest BCUT2D eigenvalue weighted by Crippen LogP contribution is -2.34. The predicted molar refractivity (Wildman–Crippen MR) is 98.5 cm³/mol. The summed E-state index contributed by atoms with van der Waals surface area (Å²) in [5.41, 5.74) is 1.85. The molecule has 0 bridgehead atoms. The predicted octanol–water partition coefficient (Wildman–Crippen LogP) is 3.36. The lowest BCUT2D eigenvalue weighted by atomic mass is 10.1. The molecule has 0 amide bonds. The zero-order valence-corrected chi connectivity index (χ0v) is 15.7. The van der Waals surface area contributed by atoms with Gasteiger partial charge in [0.25, 0.3) is 0 Å². The van der Waals surface area contributed by atoms with E-state index in [-0.39, 0.29) is 23.3 Å². The minimum absolute atomic E-state index is 0.162. The molecule has 4 nitrogen and oxygen atoms in total. The van der Waals surface area contributed by atoms with Gasteiger partial charge in [-0.3, -0.25) is 0 Å². The van der Waals surface area contributed by atoms with E-state index >= 15 is 0 Å². The number of halogens is 1. The van der Waals surface area contributed by atoms with Crippen molar-refractivity contribution in [2.24, 2.45) is 0 Å². The molecule has 136 valence electrons. The maximum atomic E-state index is 13.5. The molecule has 0 heterocycles. The minimum Gasteiger partial charge on any atom is -0.301 e. The van der Waals surface area contributed by atoms with Crippen molar-refractivity contribution in [3.63, 3.8) is 0 Å². The van der Waals surface area contributed by atoms with E-state index in [0.29, 0.717) is 0 Å². The van der Waals surface area contributed by atoms with Gasteiger partial charge in [-0.05, 0) is 55.9 Å². The van der Waals surface area contributed by atoms with E-state index in [4.69, 9.17) is 0 Å². The van der Waals surface area contributed by atoms with Gasteiger partial charge < -0.3 is 4.90 Å². The molecule has 0 saturated carbocycles. The average molecular weight is 364 g/mol. The van der Waals surface area contributed by atoms with Crippen molar-refractivity contribution < 1.29 is 12.8 Å². The number of aryl methyl sites for hydroxylation is 1. The summed E-state index contributed by atoms with van der Waals surface area (Å²) in [5, 5.41) is 0. The number of nitrogens with one attached hydrogen (secondary N) is 1. The fourth-order valence-corrected chi connectivity index (χ4v) is 3.75. The van der Waals surface area contributed by atoms with Crippen molar-refractivity contribution >= 4 is 10.0 Å². The molecule has 2 rings (SSSR count). The Morgan fingerprint density at radius 1 is 1.12 bits per heavy atom. The normalized spacial score (nSPS) is 13.2. The Hall–Kier alpha value is -1.76. The van der Waals surface area contributed by atoms with Crippen LogP contribution in [0, 0.1) is 5.82 Å². The van der Waals surface area contributed by atoms with E-state index in [1.165, 1.54) is 12.1 Å². The van der Waals surface area contributed by atoms with Gasteiger partial charge in [0.15, 0.2) is 0 Å². The van der Waals surface area contributed by atoms with Gasteiger partial charge in [0.1, 0.15) is 5.82 Å². The topological polar surface area (TPSA) is 49.4 Å². The maximum absolute atomic E-state index is 13.5. The minimum atomic E-state index is -3.61. The third kappa shape index (κ3) is 5.36. The van der Waals surface area contributed by atoms with Gasteiger partial charge in [0, 0.05) is 12.6 Å². The molecule has 6 heteroatoms. The quantitative estimate of drug-likeness (QED) is 0.781. The Bertz CT molecular complexity index is 789. The zero-order valence-electron chi connectivity index (χ0n) is 14.9. The molecular formula is C19H25FN2O2S. The van der Waals surface area contributed by atoms with E-state index in [2.05, 4.69) is 11.6 Å². The van der Waals surface area contributed by atoms with E-state index in [1.54, 1.807) is 24.3 Å². The average Bonchev–Trinajstić information content (AvgIpc) is 2.55. The van der Waals surface area contributed by atoms with Crippen molar-refractivity contribution in [1.82, 2.24) is 9.62 Å². The number of sulfonamides is 1. The molecule has 0 saturated heterocycles. The molecule has 0 fully saturated rings. The Kier molecular flexibility index (Phi) is 6.70. The summed E-state index contributed by atoms with van der Waals surface area (Å²) in [6.07, 6.45) is 1.94. The van der Waals surface area contributed by atoms with Gasteiger partial charge in [0.05, 0.1) is 4.90 Å². The molecule has 0 aromatic heterocycles. The Morgan fingerprint density at radius 2 is 1.80 bits per heavy atom. The van der Waals surface area contributed by atoms with Crippen molar-refractivity contribution in [2.45, 2.75) is 30.7 Å². The van der Waals surface area contributed by atoms with Crippen LogP contribution < -0.4 is 4.72 Å². The largest absolute Gasteiger partial charge is 0.301 e. The van der Waals surface area contributed by atoms with Crippen molar-refractivity contribution in [2.75, 3.05) is 20.6 Å². The number of likely N-dealkylation sites (N-methyl/N-ethyl adjacent to an activating group) is 1. The lowest BCUT2D eigenvalue weighted by Gasteiger charge is -2.25. The third-order valence-corrected chi connectivity index (χ3v) is 5.54. The molecule has 2 aromatic carbocycles. The van der Waals surface area contributed by atoms with Crippen LogP contribution >= 0.6 is 0 Å². The van der Waals surface area contributed by atoms with Crippen LogP contribution in [0.5, 0.6) is 0 Å². The van der Waals surface area contributed by atoms with Crippen LogP contribution in [0.3, 0.4) is 0 Å². The van der Waals surface area contributed by atoms with E-state index in [9.17, 15) is 12.8 Å².